The first-order chi connectivity index (χ1) is 13.5. The van der Waals surface area contributed by atoms with Crippen LogP contribution in [-0.2, 0) is 9.47 Å². The molecule has 0 aromatic rings. The van der Waals surface area contributed by atoms with Crippen molar-refractivity contribution in [2.75, 3.05) is 59.2 Å². The number of guanidine groups is 1. The van der Waals surface area contributed by atoms with Crippen LogP contribution in [0.1, 0.15) is 45.4 Å². The topological polar surface area (TPSA) is 58.1 Å². The molecule has 164 valence electrons. The average Bonchev–Trinajstić information content (AvgIpc) is 2.69. The van der Waals surface area contributed by atoms with Gasteiger partial charge >= 0.3 is 6.18 Å². The highest BCUT2D eigenvalue weighted by molar-refractivity contribution is 5.79. The van der Waals surface area contributed by atoms with Crippen LogP contribution in [-0.4, -0.2) is 81.7 Å². The largest absolute Gasteiger partial charge is 0.411 e. The molecule has 1 saturated heterocycles. The number of halogens is 3. The maximum absolute atomic E-state index is 12.1. The Bertz CT molecular complexity index is 463. The van der Waals surface area contributed by atoms with Crippen LogP contribution in [0.25, 0.3) is 0 Å². The fourth-order valence-electron chi connectivity index (χ4n) is 3.96. The molecule has 28 heavy (non-hydrogen) atoms. The summed E-state index contributed by atoms with van der Waals surface area (Å²) >= 11 is 0. The SMILES string of the molecule is CCNC(=NCC1(N2CCOCC2)CCCCC1)NCCCOCC(F)(F)F. The van der Waals surface area contributed by atoms with Gasteiger partial charge in [0.05, 0.1) is 19.8 Å². The van der Waals surface area contributed by atoms with Gasteiger partial charge in [-0.15, -0.1) is 0 Å². The van der Waals surface area contributed by atoms with Gasteiger partial charge in [-0.1, -0.05) is 19.3 Å². The Kier molecular flexibility index (Phi) is 9.81. The monoisotopic (exact) mass is 408 g/mol. The molecule has 9 heteroatoms. The molecule has 2 N–H and O–H groups in total. The predicted octanol–water partition coefficient (Wildman–Crippen LogP) is 2.55. The molecule has 0 radical (unpaired) electrons. The molecule has 1 aliphatic carbocycles. The van der Waals surface area contributed by atoms with E-state index in [0.29, 0.717) is 13.0 Å². The van der Waals surface area contributed by atoms with Crippen molar-refractivity contribution < 1.29 is 22.6 Å². The van der Waals surface area contributed by atoms with E-state index in [1.165, 1.54) is 19.3 Å². The highest BCUT2D eigenvalue weighted by atomic mass is 19.4. The maximum atomic E-state index is 12.1. The molecule has 6 nitrogen and oxygen atoms in total. The Morgan fingerprint density at radius 3 is 2.50 bits per heavy atom. The first kappa shape index (κ1) is 23.2. The smallest absolute Gasteiger partial charge is 0.379 e. The van der Waals surface area contributed by atoms with Crippen LogP contribution in [0, 0.1) is 0 Å². The molecule has 0 spiro atoms. The predicted molar refractivity (Wildman–Crippen MR) is 104 cm³/mol. The van der Waals surface area contributed by atoms with Crippen molar-refractivity contribution in [3.05, 3.63) is 0 Å². The van der Waals surface area contributed by atoms with Gasteiger partial charge in [-0.2, -0.15) is 13.2 Å². The highest BCUT2D eigenvalue weighted by Crippen LogP contribution is 2.34. The van der Waals surface area contributed by atoms with Crippen molar-refractivity contribution in [3.8, 4) is 0 Å². The minimum Gasteiger partial charge on any atom is -0.379 e. The summed E-state index contributed by atoms with van der Waals surface area (Å²) in [5.74, 6) is 0.719. The Hall–Kier alpha value is -1.06. The van der Waals surface area contributed by atoms with Gasteiger partial charge in [0.15, 0.2) is 5.96 Å². The van der Waals surface area contributed by atoms with E-state index in [0.717, 1.165) is 58.2 Å². The van der Waals surface area contributed by atoms with Crippen LogP contribution < -0.4 is 10.6 Å². The number of aliphatic imine (C=N–C) groups is 1. The molecule has 2 aliphatic rings. The van der Waals surface area contributed by atoms with Crippen molar-refractivity contribution in [1.82, 2.24) is 15.5 Å². The molecule has 0 amide bonds. The van der Waals surface area contributed by atoms with E-state index in [-0.39, 0.29) is 12.1 Å². The van der Waals surface area contributed by atoms with Gasteiger partial charge in [0.2, 0.25) is 0 Å². The maximum Gasteiger partial charge on any atom is 0.411 e. The third-order valence-corrected chi connectivity index (χ3v) is 5.37. The summed E-state index contributed by atoms with van der Waals surface area (Å²) in [6.07, 6.45) is 2.28. The number of hydrogen-bond donors (Lipinski definition) is 2. The second kappa shape index (κ2) is 11.8. The fourth-order valence-corrected chi connectivity index (χ4v) is 3.96. The zero-order valence-electron chi connectivity index (χ0n) is 17.0. The summed E-state index contributed by atoms with van der Waals surface area (Å²) < 4.78 is 46.4. The number of nitrogens with one attached hydrogen (secondary N) is 2. The Morgan fingerprint density at radius 1 is 1.14 bits per heavy atom. The van der Waals surface area contributed by atoms with Gasteiger partial charge in [0, 0.05) is 38.3 Å². The van der Waals surface area contributed by atoms with Crippen LogP contribution in [0.3, 0.4) is 0 Å². The molecule has 0 aromatic carbocycles. The minimum absolute atomic E-state index is 0.0730. The van der Waals surface area contributed by atoms with Crippen LogP contribution >= 0.6 is 0 Å². The molecule has 0 aromatic heterocycles. The lowest BCUT2D eigenvalue weighted by Gasteiger charge is -2.47. The van der Waals surface area contributed by atoms with E-state index >= 15 is 0 Å². The summed E-state index contributed by atoms with van der Waals surface area (Å²) in [6, 6.07) is 0. The summed E-state index contributed by atoms with van der Waals surface area (Å²) in [7, 11) is 0. The van der Waals surface area contributed by atoms with Gasteiger partial charge < -0.3 is 20.1 Å². The summed E-state index contributed by atoms with van der Waals surface area (Å²) in [5.41, 5.74) is 0.0974. The molecule has 1 aliphatic heterocycles. The number of ether oxygens (including phenoxy) is 2. The minimum atomic E-state index is -4.27. The first-order valence-electron chi connectivity index (χ1n) is 10.4. The number of nitrogens with zero attached hydrogens (tertiary/aromatic N) is 2. The zero-order valence-corrected chi connectivity index (χ0v) is 17.0. The number of morpholine rings is 1. The van der Waals surface area contributed by atoms with Crippen LogP contribution in [0.2, 0.25) is 0 Å². The molecule has 0 atom stereocenters. The van der Waals surface area contributed by atoms with Crippen molar-refractivity contribution in [2.24, 2.45) is 4.99 Å². The van der Waals surface area contributed by atoms with Crippen molar-refractivity contribution in [2.45, 2.75) is 57.2 Å². The van der Waals surface area contributed by atoms with E-state index < -0.39 is 12.8 Å². The lowest BCUT2D eigenvalue weighted by Crippen LogP contribution is -2.56. The summed E-state index contributed by atoms with van der Waals surface area (Å²) in [4.78, 5) is 7.38. The third kappa shape index (κ3) is 8.13. The molecular weight excluding hydrogens is 373 g/mol. The summed E-state index contributed by atoms with van der Waals surface area (Å²) in [6.45, 7) is 6.34. The molecule has 2 fully saturated rings. The Morgan fingerprint density at radius 2 is 1.86 bits per heavy atom. The van der Waals surface area contributed by atoms with Gasteiger partial charge in [-0.3, -0.25) is 9.89 Å². The third-order valence-electron chi connectivity index (χ3n) is 5.37. The van der Waals surface area contributed by atoms with Crippen LogP contribution in [0.5, 0.6) is 0 Å². The number of rotatable bonds is 9. The molecule has 1 saturated carbocycles. The lowest BCUT2D eigenvalue weighted by molar-refractivity contribution is -0.173. The summed E-state index contributed by atoms with van der Waals surface area (Å²) in [5, 5.41) is 6.44. The Labute approximate surface area is 166 Å². The second-order valence-electron chi connectivity index (χ2n) is 7.53. The highest BCUT2D eigenvalue weighted by Gasteiger charge is 2.38. The van der Waals surface area contributed by atoms with E-state index in [1.807, 2.05) is 6.92 Å². The fraction of sp³-hybridized carbons (Fsp3) is 0.947. The molecule has 0 unspecified atom stereocenters. The van der Waals surface area contributed by atoms with Crippen LogP contribution in [0.15, 0.2) is 4.99 Å². The van der Waals surface area contributed by atoms with Gasteiger partial charge in [-0.25, -0.2) is 0 Å². The van der Waals surface area contributed by atoms with E-state index in [1.54, 1.807) is 0 Å². The van der Waals surface area contributed by atoms with E-state index in [4.69, 9.17) is 9.73 Å². The van der Waals surface area contributed by atoms with E-state index in [2.05, 4.69) is 20.3 Å². The van der Waals surface area contributed by atoms with Crippen molar-refractivity contribution in [1.29, 1.82) is 0 Å². The quantitative estimate of drug-likeness (QED) is 0.349. The first-order valence-corrected chi connectivity index (χ1v) is 10.4. The van der Waals surface area contributed by atoms with Crippen molar-refractivity contribution >= 4 is 5.96 Å². The number of alkyl halides is 3. The Balaban J connectivity index is 1.84. The second-order valence-corrected chi connectivity index (χ2v) is 7.53. The van der Waals surface area contributed by atoms with E-state index in [9.17, 15) is 13.2 Å². The number of hydrogen-bond acceptors (Lipinski definition) is 4. The van der Waals surface area contributed by atoms with Gasteiger partial charge in [0.25, 0.3) is 0 Å². The van der Waals surface area contributed by atoms with Gasteiger partial charge in [0.1, 0.15) is 6.61 Å². The van der Waals surface area contributed by atoms with Gasteiger partial charge in [-0.05, 0) is 26.2 Å². The van der Waals surface area contributed by atoms with Crippen LogP contribution in [0.4, 0.5) is 13.2 Å². The zero-order chi connectivity index (χ0) is 20.3. The molecule has 0 bridgehead atoms. The normalized spacial score (nSPS) is 21.5. The standard InChI is InChI=1S/C19H35F3N4O2/c1-2-23-17(24-9-6-12-28-16-19(20,21)22)25-15-18(7-4-3-5-8-18)26-10-13-27-14-11-26/h2-16H2,1H3,(H2,23,24,25). The lowest BCUT2D eigenvalue weighted by atomic mass is 9.80. The molecular formula is C19H35F3N4O2. The molecule has 1 heterocycles. The van der Waals surface area contributed by atoms with Crippen molar-refractivity contribution in [3.63, 3.8) is 0 Å². The average molecular weight is 409 g/mol. The molecule has 2 rings (SSSR count).